The van der Waals surface area contributed by atoms with Gasteiger partial charge in [-0.25, -0.2) is 0 Å². The molecule has 1 aliphatic rings. The molecule has 4 heteroatoms. The van der Waals surface area contributed by atoms with Crippen molar-refractivity contribution in [1.82, 2.24) is 4.90 Å². The van der Waals surface area contributed by atoms with E-state index in [4.69, 9.17) is 5.11 Å². The summed E-state index contributed by atoms with van der Waals surface area (Å²) < 4.78 is 0. The van der Waals surface area contributed by atoms with Gasteiger partial charge in [-0.2, -0.15) is 0 Å². The topological polar surface area (TPSA) is 57.6 Å². The molecular formula is C15H19NO3. The lowest BCUT2D eigenvalue weighted by atomic mass is 10.1. The normalized spacial score (nSPS) is 14.1. The maximum atomic E-state index is 12.1. The van der Waals surface area contributed by atoms with E-state index in [0.29, 0.717) is 18.9 Å². The Morgan fingerprint density at radius 1 is 1.21 bits per heavy atom. The number of carbonyl (C=O) groups is 2. The summed E-state index contributed by atoms with van der Waals surface area (Å²) in [5, 5.41) is 8.91. The van der Waals surface area contributed by atoms with E-state index < -0.39 is 5.97 Å². The minimum atomic E-state index is -0.962. The Labute approximate surface area is 113 Å². The van der Waals surface area contributed by atoms with Crippen LogP contribution in [0.2, 0.25) is 0 Å². The molecule has 19 heavy (non-hydrogen) atoms. The molecule has 0 atom stereocenters. The van der Waals surface area contributed by atoms with Crippen molar-refractivity contribution in [1.29, 1.82) is 0 Å². The highest BCUT2D eigenvalue weighted by molar-refractivity contribution is 5.81. The molecule has 1 aromatic rings. The van der Waals surface area contributed by atoms with Gasteiger partial charge in [0.05, 0.1) is 0 Å². The van der Waals surface area contributed by atoms with Crippen molar-refractivity contribution in [3.05, 3.63) is 35.9 Å². The summed E-state index contributed by atoms with van der Waals surface area (Å²) in [5.41, 5.74) is 0.962. The number of carboxylic acid groups (broad SMARTS) is 1. The third-order valence-corrected chi connectivity index (χ3v) is 3.36. The van der Waals surface area contributed by atoms with Gasteiger partial charge in [0.15, 0.2) is 0 Å². The molecule has 0 unspecified atom stereocenters. The number of carbonyl (C=O) groups excluding carboxylic acids is 1. The third-order valence-electron chi connectivity index (χ3n) is 3.36. The summed E-state index contributed by atoms with van der Waals surface area (Å²) in [6.07, 6.45) is 3.78. The standard InChI is InChI=1S/C15H19NO3/c17-14(9-8-12-6-7-12)16(11-15(18)19)10-13-4-2-1-3-5-13/h1-5,12H,6-11H2,(H,18,19). The van der Waals surface area contributed by atoms with Crippen LogP contribution < -0.4 is 0 Å². The zero-order valence-electron chi connectivity index (χ0n) is 10.9. The Bertz CT molecular complexity index is 440. The molecule has 1 amide bonds. The monoisotopic (exact) mass is 261 g/mol. The van der Waals surface area contributed by atoms with Crippen molar-refractivity contribution in [3.8, 4) is 0 Å². The molecule has 1 saturated carbocycles. The van der Waals surface area contributed by atoms with E-state index in [1.165, 1.54) is 17.7 Å². The Morgan fingerprint density at radius 2 is 1.89 bits per heavy atom. The van der Waals surface area contributed by atoms with Gasteiger partial charge in [-0.1, -0.05) is 43.2 Å². The Hall–Kier alpha value is -1.84. The Kier molecular flexibility index (Phi) is 4.55. The predicted octanol–water partition coefficient (Wildman–Crippen LogP) is 2.29. The van der Waals surface area contributed by atoms with Crippen molar-refractivity contribution < 1.29 is 14.7 Å². The summed E-state index contributed by atoms with van der Waals surface area (Å²) in [5.74, 6) is -0.332. The van der Waals surface area contributed by atoms with Crippen LogP contribution in [0.3, 0.4) is 0 Å². The average molecular weight is 261 g/mol. The highest BCUT2D eigenvalue weighted by atomic mass is 16.4. The molecule has 0 bridgehead atoms. The summed E-state index contributed by atoms with van der Waals surface area (Å²) in [6.45, 7) is 0.148. The van der Waals surface area contributed by atoms with Crippen LogP contribution in [-0.2, 0) is 16.1 Å². The van der Waals surface area contributed by atoms with E-state index in [1.807, 2.05) is 30.3 Å². The van der Waals surface area contributed by atoms with Crippen molar-refractivity contribution in [2.45, 2.75) is 32.2 Å². The Balaban J connectivity index is 1.93. The second-order valence-corrected chi connectivity index (χ2v) is 5.11. The van der Waals surface area contributed by atoms with Gasteiger partial charge in [0, 0.05) is 13.0 Å². The SMILES string of the molecule is O=C(O)CN(Cc1ccccc1)C(=O)CCC1CC1. The van der Waals surface area contributed by atoms with Gasteiger partial charge in [0.25, 0.3) is 0 Å². The third kappa shape index (κ3) is 4.73. The average Bonchev–Trinajstić information content (AvgIpc) is 3.20. The van der Waals surface area contributed by atoms with E-state index >= 15 is 0 Å². The lowest BCUT2D eigenvalue weighted by Gasteiger charge is -2.20. The highest BCUT2D eigenvalue weighted by Gasteiger charge is 2.24. The molecule has 2 rings (SSSR count). The molecule has 0 heterocycles. The fraction of sp³-hybridized carbons (Fsp3) is 0.467. The number of amides is 1. The van der Waals surface area contributed by atoms with Gasteiger partial charge in [-0.15, -0.1) is 0 Å². The largest absolute Gasteiger partial charge is 0.480 e. The summed E-state index contributed by atoms with van der Waals surface area (Å²) in [4.78, 5) is 24.4. The fourth-order valence-corrected chi connectivity index (χ4v) is 2.09. The van der Waals surface area contributed by atoms with Crippen LogP contribution >= 0.6 is 0 Å². The van der Waals surface area contributed by atoms with Crippen LogP contribution in [0.4, 0.5) is 0 Å². The number of benzene rings is 1. The molecule has 0 spiro atoms. The van der Waals surface area contributed by atoms with E-state index in [-0.39, 0.29) is 12.5 Å². The van der Waals surface area contributed by atoms with E-state index in [9.17, 15) is 9.59 Å². The number of nitrogens with zero attached hydrogens (tertiary/aromatic N) is 1. The molecule has 1 aliphatic carbocycles. The maximum Gasteiger partial charge on any atom is 0.323 e. The molecular weight excluding hydrogens is 242 g/mol. The molecule has 102 valence electrons. The number of carboxylic acids is 1. The first kappa shape index (κ1) is 13.6. The van der Waals surface area contributed by atoms with Crippen LogP contribution in [0.1, 0.15) is 31.2 Å². The first-order chi connectivity index (χ1) is 9.15. The second-order valence-electron chi connectivity index (χ2n) is 5.11. The zero-order chi connectivity index (χ0) is 13.7. The number of rotatable bonds is 7. The molecule has 0 radical (unpaired) electrons. The van der Waals surface area contributed by atoms with Gasteiger partial charge in [0.1, 0.15) is 6.54 Å². The summed E-state index contributed by atoms with van der Waals surface area (Å²) in [7, 11) is 0. The number of aliphatic carboxylic acids is 1. The lowest BCUT2D eigenvalue weighted by molar-refractivity contribution is -0.145. The summed E-state index contributed by atoms with van der Waals surface area (Å²) >= 11 is 0. The summed E-state index contributed by atoms with van der Waals surface area (Å²) in [6, 6.07) is 9.50. The molecule has 0 aromatic heterocycles. The molecule has 4 nitrogen and oxygen atoms in total. The molecule has 0 saturated heterocycles. The van der Waals surface area contributed by atoms with Crippen molar-refractivity contribution in [3.63, 3.8) is 0 Å². The van der Waals surface area contributed by atoms with Gasteiger partial charge in [0.2, 0.25) is 5.91 Å². The molecule has 0 aliphatic heterocycles. The van der Waals surface area contributed by atoms with Crippen molar-refractivity contribution >= 4 is 11.9 Å². The van der Waals surface area contributed by atoms with Gasteiger partial charge in [-0.3, -0.25) is 9.59 Å². The lowest BCUT2D eigenvalue weighted by Crippen LogP contribution is -2.35. The second kappa shape index (κ2) is 6.36. The van der Waals surface area contributed by atoms with Crippen molar-refractivity contribution in [2.24, 2.45) is 5.92 Å². The van der Waals surface area contributed by atoms with Gasteiger partial charge >= 0.3 is 5.97 Å². The van der Waals surface area contributed by atoms with Crippen LogP contribution in [0.15, 0.2) is 30.3 Å². The zero-order valence-corrected chi connectivity index (χ0v) is 10.9. The van der Waals surface area contributed by atoms with Crippen LogP contribution in [0.25, 0.3) is 0 Å². The number of hydrogen-bond acceptors (Lipinski definition) is 2. The van der Waals surface area contributed by atoms with Crippen LogP contribution in [0, 0.1) is 5.92 Å². The van der Waals surface area contributed by atoms with E-state index in [0.717, 1.165) is 12.0 Å². The van der Waals surface area contributed by atoms with Crippen LogP contribution in [-0.4, -0.2) is 28.4 Å². The predicted molar refractivity (Wildman–Crippen MR) is 71.5 cm³/mol. The molecule has 1 N–H and O–H groups in total. The van der Waals surface area contributed by atoms with Crippen LogP contribution in [0.5, 0.6) is 0 Å². The Morgan fingerprint density at radius 3 is 2.47 bits per heavy atom. The first-order valence-electron chi connectivity index (χ1n) is 6.68. The minimum Gasteiger partial charge on any atom is -0.480 e. The maximum absolute atomic E-state index is 12.1. The fourth-order valence-electron chi connectivity index (χ4n) is 2.09. The number of hydrogen-bond donors (Lipinski definition) is 1. The van der Waals surface area contributed by atoms with Crippen molar-refractivity contribution in [2.75, 3.05) is 6.54 Å². The van der Waals surface area contributed by atoms with E-state index in [2.05, 4.69) is 0 Å². The first-order valence-corrected chi connectivity index (χ1v) is 6.68. The highest BCUT2D eigenvalue weighted by Crippen LogP contribution is 2.33. The molecule has 1 aromatic carbocycles. The smallest absolute Gasteiger partial charge is 0.323 e. The van der Waals surface area contributed by atoms with Gasteiger partial charge < -0.3 is 10.0 Å². The minimum absolute atomic E-state index is 0.0573. The molecule has 1 fully saturated rings. The quantitative estimate of drug-likeness (QED) is 0.819. The van der Waals surface area contributed by atoms with Gasteiger partial charge in [-0.05, 0) is 17.9 Å². The van der Waals surface area contributed by atoms with E-state index in [1.54, 1.807) is 0 Å².